The van der Waals surface area contributed by atoms with Crippen molar-refractivity contribution in [3.05, 3.63) is 47.5 Å². The molecule has 2 aromatic rings. The lowest BCUT2D eigenvalue weighted by Crippen LogP contribution is -2.41. The molecule has 27 heavy (non-hydrogen) atoms. The van der Waals surface area contributed by atoms with Gasteiger partial charge in [0.05, 0.1) is 6.10 Å². The highest BCUT2D eigenvalue weighted by atomic mass is 16.5. The molecule has 3 amide bonds. The van der Waals surface area contributed by atoms with Crippen LogP contribution in [0.1, 0.15) is 46.4 Å². The van der Waals surface area contributed by atoms with Crippen LogP contribution in [0.25, 0.3) is 10.8 Å². The molecule has 0 aliphatic carbocycles. The lowest BCUT2D eigenvalue weighted by Gasteiger charge is -2.27. The molecule has 0 unspecified atom stereocenters. The van der Waals surface area contributed by atoms with Crippen LogP contribution in [0.4, 0.5) is 0 Å². The van der Waals surface area contributed by atoms with Gasteiger partial charge in [0.2, 0.25) is 5.91 Å². The van der Waals surface area contributed by atoms with Crippen LogP contribution in [-0.4, -0.2) is 48.4 Å². The second-order valence-corrected chi connectivity index (χ2v) is 7.01. The fraction of sp³-hybridized carbons (Fsp3) is 0.381. The van der Waals surface area contributed by atoms with Gasteiger partial charge in [0.25, 0.3) is 11.8 Å². The molecule has 2 aliphatic rings. The zero-order valence-corrected chi connectivity index (χ0v) is 15.1. The normalized spacial score (nSPS) is 19.0. The number of hydrogen-bond acceptors (Lipinski definition) is 4. The van der Waals surface area contributed by atoms with Gasteiger partial charge in [0, 0.05) is 42.6 Å². The minimum atomic E-state index is -0.288. The van der Waals surface area contributed by atoms with E-state index in [1.807, 2.05) is 24.3 Å². The summed E-state index contributed by atoms with van der Waals surface area (Å²) < 4.78 is 5.48. The highest BCUT2D eigenvalue weighted by molar-refractivity contribution is 6.25. The molecule has 0 radical (unpaired) electrons. The van der Waals surface area contributed by atoms with Gasteiger partial charge in [0.1, 0.15) is 0 Å². The van der Waals surface area contributed by atoms with E-state index in [1.54, 1.807) is 12.1 Å². The molecule has 2 aromatic carbocycles. The van der Waals surface area contributed by atoms with Crippen molar-refractivity contribution in [2.75, 3.05) is 19.7 Å². The number of amides is 3. The van der Waals surface area contributed by atoms with Gasteiger partial charge in [-0.2, -0.15) is 0 Å². The number of nitrogens with zero attached hydrogens (tertiary/aromatic N) is 1. The van der Waals surface area contributed by atoms with Crippen LogP contribution in [-0.2, 0) is 9.53 Å². The molecule has 1 atom stereocenters. The number of imide groups is 1. The van der Waals surface area contributed by atoms with E-state index in [4.69, 9.17) is 4.74 Å². The quantitative estimate of drug-likeness (QED) is 0.797. The summed E-state index contributed by atoms with van der Waals surface area (Å²) in [4.78, 5) is 38.8. The number of nitrogens with one attached hydrogen (secondary N) is 1. The molecule has 6 heteroatoms. The predicted molar refractivity (Wildman–Crippen MR) is 101 cm³/mol. The topological polar surface area (TPSA) is 75.7 Å². The first kappa shape index (κ1) is 17.7. The molecule has 6 nitrogen and oxygen atoms in total. The van der Waals surface area contributed by atoms with Gasteiger partial charge in [-0.3, -0.25) is 19.3 Å². The molecule has 140 valence electrons. The average Bonchev–Trinajstić information content (AvgIpc) is 3.20. The lowest BCUT2D eigenvalue weighted by molar-refractivity contribution is -0.121. The van der Waals surface area contributed by atoms with Gasteiger partial charge < -0.3 is 10.1 Å². The standard InChI is InChI=1S/C21H22N2O4/c24-18(22-13-15-7-4-12-27-15)10-3-11-23-20(25)16-8-1-5-14-6-2-9-17(19(14)16)21(23)26/h1-2,5-6,8-9,15H,3-4,7,10-13H2,(H,22,24)/t15-/m1/s1. The van der Waals surface area contributed by atoms with Crippen LogP contribution in [0.15, 0.2) is 36.4 Å². The first-order valence-electron chi connectivity index (χ1n) is 9.41. The van der Waals surface area contributed by atoms with E-state index in [1.165, 1.54) is 4.90 Å². The molecule has 0 spiro atoms. The van der Waals surface area contributed by atoms with E-state index < -0.39 is 0 Å². The maximum Gasteiger partial charge on any atom is 0.261 e. The maximum atomic E-state index is 12.8. The van der Waals surface area contributed by atoms with Gasteiger partial charge in [-0.15, -0.1) is 0 Å². The third-order valence-corrected chi connectivity index (χ3v) is 5.19. The van der Waals surface area contributed by atoms with Crippen LogP contribution in [0.2, 0.25) is 0 Å². The predicted octanol–water partition coefficient (Wildman–Crippen LogP) is 2.51. The fourth-order valence-electron chi connectivity index (χ4n) is 3.80. The van der Waals surface area contributed by atoms with Crippen molar-refractivity contribution in [1.82, 2.24) is 10.2 Å². The van der Waals surface area contributed by atoms with Gasteiger partial charge >= 0.3 is 0 Å². The van der Waals surface area contributed by atoms with E-state index in [-0.39, 0.29) is 36.8 Å². The first-order valence-corrected chi connectivity index (χ1v) is 9.41. The van der Waals surface area contributed by atoms with Crippen molar-refractivity contribution in [2.45, 2.75) is 31.8 Å². The Morgan fingerprint density at radius 3 is 2.44 bits per heavy atom. The number of carbonyl (C=O) groups excluding carboxylic acids is 3. The van der Waals surface area contributed by atoms with Gasteiger partial charge in [-0.25, -0.2) is 0 Å². The summed E-state index contributed by atoms with van der Waals surface area (Å²) in [6.07, 6.45) is 2.83. The van der Waals surface area contributed by atoms with Crippen molar-refractivity contribution < 1.29 is 19.1 Å². The molecule has 1 fully saturated rings. The monoisotopic (exact) mass is 366 g/mol. The zero-order valence-electron chi connectivity index (χ0n) is 15.1. The number of carbonyl (C=O) groups is 3. The van der Waals surface area contributed by atoms with Crippen molar-refractivity contribution in [1.29, 1.82) is 0 Å². The van der Waals surface area contributed by atoms with E-state index >= 15 is 0 Å². The SMILES string of the molecule is O=C(CCCN1C(=O)c2cccc3cccc(c23)C1=O)NC[C@H]1CCCO1. The van der Waals surface area contributed by atoms with E-state index in [2.05, 4.69) is 5.32 Å². The molecule has 0 bridgehead atoms. The molecule has 0 aromatic heterocycles. The Bertz CT molecular complexity index is 851. The summed E-state index contributed by atoms with van der Waals surface area (Å²) >= 11 is 0. The Kier molecular flexibility index (Phi) is 4.90. The summed E-state index contributed by atoms with van der Waals surface area (Å²) in [5.41, 5.74) is 1.09. The lowest BCUT2D eigenvalue weighted by atomic mass is 9.94. The summed E-state index contributed by atoms with van der Waals surface area (Å²) in [6, 6.07) is 11.0. The second kappa shape index (κ2) is 7.48. The molecule has 2 aliphatic heterocycles. The molecule has 2 heterocycles. The van der Waals surface area contributed by atoms with Crippen LogP contribution >= 0.6 is 0 Å². The smallest absolute Gasteiger partial charge is 0.261 e. The first-order chi connectivity index (χ1) is 13.1. The summed E-state index contributed by atoms with van der Waals surface area (Å²) in [7, 11) is 0. The molecule has 1 N–H and O–H groups in total. The fourth-order valence-corrected chi connectivity index (χ4v) is 3.80. The summed E-state index contributed by atoms with van der Waals surface area (Å²) in [5.74, 6) is -0.655. The third-order valence-electron chi connectivity index (χ3n) is 5.19. The van der Waals surface area contributed by atoms with Crippen molar-refractivity contribution in [3.63, 3.8) is 0 Å². The van der Waals surface area contributed by atoms with Crippen LogP contribution in [0.3, 0.4) is 0 Å². The van der Waals surface area contributed by atoms with E-state index in [0.29, 0.717) is 24.1 Å². The van der Waals surface area contributed by atoms with E-state index in [9.17, 15) is 14.4 Å². The third kappa shape index (κ3) is 3.45. The summed E-state index contributed by atoms with van der Waals surface area (Å²) in [6.45, 7) is 1.51. The second-order valence-electron chi connectivity index (χ2n) is 7.01. The summed E-state index contributed by atoms with van der Waals surface area (Å²) in [5, 5.41) is 4.48. The largest absolute Gasteiger partial charge is 0.376 e. The van der Waals surface area contributed by atoms with Gasteiger partial charge in [-0.05, 0) is 36.8 Å². The molecular weight excluding hydrogens is 344 g/mol. The van der Waals surface area contributed by atoms with Crippen molar-refractivity contribution in [3.8, 4) is 0 Å². The highest BCUT2D eigenvalue weighted by Gasteiger charge is 2.32. The van der Waals surface area contributed by atoms with Gasteiger partial charge in [0.15, 0.2) is 0 Å². The number of benzene rings is 2. The van der Waals surface area contributed by atoms with Crippen molar-refractivity contribution in [2.24, 2.45) is 0 Å². The number of ether oxygens (including phenoxy) is 1. The Labute approximate surface area is 157 Å². The molecule has 4 rings (SSSR count). The number of hydrogen-bond donors (Lipinski definition) is 1. The Morgan fingerprint density at radius 1 is 1.11 bits per heavy atom. The molecular formula is C21H22N2O4. The molecule has 0 saturated carbocycles. The van der Waals surface area contributed by atoms with Crippen LogP contribution < -0.4 is 5.32 Å². The Balaban J connectivity index is 1.38. The Morgan fingerprint density at radius 2 is 1.81 bits per heavy atom. The van der Waals surface area contributed by atoms with Crippen LogP contribution in [0.5, 0.6) is 0 Å². The number of rotatable bonds is 6. The van der Waals surface area contributed by atoms with Crippen molar-refractivity contribution >= 4 is 28.5 Å². The van der Waals surface area contributed by atoms with Crippen LogP contribution in [0, 0.1) is 0 Å². The minimum absolute atomic E-state index is 0.0788. The molecule has 1 saturated heterocycles. The highest BCUT2D eigenvalue weighted by Crippen LogP contribution is 2.30. The maximum absolute atomic E-state index is 12.8. The zero-order chi connectivity index (χ0) is 18.8. The Hall–Kier alpha value is -2.73. The van der Waals surface area contributed by atoms with Gasteiger partial charge in [-0.1, -0.05) is 24.3 Å². The average molecular weight is 366 g/mol. The van der Waals surface area contributed by atoms with E-state index in [0.717, 1.165) is 30.2 Å². The minimum Gasteiger partial charge on any atom is -0.376 e.